The lowest BCUT2D eigenvalue weighted by atomic mass is 10.2. The number of hydrogen-bond donors (Lipinski definition) is 2. The largest absolute Gasteiger partial charge is 0.370 e. The molecule has 0 rings (SSSR count). The highest BCUT2D eigenvalue weighted by molar-refractivity contribution is 7.84. The van der Waals surface area contributed by atoms with Crippen LogP contribution in [-0.2, 0) is 20.3 Å². The predicted molar refractivity (Wildman–Crippen MR) is 61.0 cm³/mol. The van der Waals surface area contributed by atoms with Gasteiger partial charge in [-0.3, -0.25) is 9.00 Å². The van der Waals surface area contributed by atoms with Gasteiger partial charge in [-0.25, -0.2) is 0 Å². The van der Waals surface area contributed by atoms with E-state index >= 15 is 0 Å². The predicted octanol–water partition coefficient (Wildman–Crippen LogP) is -0.767. The molecule has 3 unspecified atom stereocenters. The summed E-state index contributed by atoms with van der Waals surface area (Å²) in [5.41, 5.74) is 5.35. The third kappa shape index (κ3) is 6.59. The Hall–Kier alpha value is -0.460. The molecular formula is C9H20N2O3S. The zero-order valence-electron chi connectivity index (χ0n) is 9.49. The Kier molecular flexibility index (Phi) is 7.54. The molecule has 6 heteroatoms. The van der Waals surface area contributed by atoms with Crippen LogP contribution in [0, 0.1) is 0 Å². The fraction of sp³-hybridized carbons (Fsp3) is 0.889. The summed E-state index contributed by atoms with van der Waals surface area (Å²) < 4.78 is 15.7. The fourth-order valence-electron chi connectivity index (χ4n) is 1.06. The minimum Gasteiger partial charge on any atom is -0.370 e. The lowest BCUT2D eigenvalue weighted by molar-refractivity contribution is -0.131. The summed E-state index contributed by atoms with van der Waals surface area (Å²) in [7, 11) is 0.625. The monoisotopic (exact) mass is 236 g/mol. The van der Waals surface area contributed by atoms with Crippen molar-refractivity contribution in [3.8, 4) is 0 Å². The highest BCUT2D eigenvalue weighted by Crippen LogP contribution is 1.95. The van der Waals surface area contributed by atoms with E-state index < -0.39 is 16.9 Å². The summed E-state index contributed by atoms with van der Waals surface area (Å²) in [6.45, 7) is 2.03. The number of ether oxygens (including phenoxy) is 1. The van der Waals surface area contributed by atoms with E-state index in [-0.39, 0.29) is 18.5 Å². The lowest BCUT2D eigenvalue weighted by Crippen LogP contribution is -2.44. The van der Waals surface area contributed by atoms with E-state index in [0.29, 0.717) is 12.2 Å². The van der Waals surface area contributed by atoms with Crippen molar-refractivity contribution in [2.75, 3.05) is 25.7 Å². The summed E-state index contributed by atoms with van der Waals surface area (Å²) in [5.74, 6) is 0.372. The number of nitrogens with one attached hydrogen (secondary N) is 1. The first kappa shape index (κ1) is 14.5. The smallest absolute Gasteiger partial charge is 0.250 e. The van der Waals surface area contributed by atoms with Crippen molar-refractivity contribution in [2.45, 2.75) is 25.5 Å². The van der Waals surface area contributed by atoms with Crippen LogP contribution in [0.3, 0.4) is 0 Å². The topological polar surface area (TPSA) is 81.4 Å². The van der Waals surface area contributed by atoms with E-state index in [9.17, 15) is 9.00 Å². The maximum absolute atomic E-state index is 11.5. The second-order valence-corrected chi connectivity index (χ2v) is 4.99. The fourth-order valence-corrected chi connectivity index (χ4v) is 1.75. The standard InChI is InChI=1S/C9H20N2O3S/c1-7(4-5-15(3)13)11-9(12)8(6-10)14-2/h7-8H,4-6,10H2,1-3H3,(H,11,12). The third-order valence-corrected chi connectivity index (χ3v) is 2.83. The first-order chi connectivity index (χ1) is 7.01. The molecule has 0 aromatic heterocycles. The summed E-state index contributed by atoms with van der Waals surface area (Å²) in [6.07, 6.45) is 1.74. The second kappa shape index (κ2) is 7.78. The average Bonchev–Trinajstić information content (AvgIpc) is 2.16. The minimum atomic E-state index is -0.822. The van der Waals surface area contributed by atoms with Crippen molar-refractivity contribution >= 4 is 16.7 Å². The van der Waals surface area contributed by atoms with Crippen molar-refractivity contribution in [2.24, 2.45) is 5.73 Å². The van der Waals surface area contributed by atoms with E-state index in [4.69, 9.17) is 10.5 Å². The summed E-state index contributed by atoms with van der Waals surface area (Å²) >= 11 is 0. The zero-order chi connectivity index (χ0) is 11.8. The van der Waals surface area contributed by atoms with Gasteiger partial charge in [-0.05, 0) is 13.3 Å². The van der Waals surface area contributed by atoms with Crippen LogP contribution >= 0.6 is 0 Å². The zero-order valence-corrected chi connectivity index (χ0v) is 10.3. The molecule has 0 aliphatic carbocycles. The number of rotatable bonds is 7. The molecule has 0 saturated carbocycles. The Bertz CT molecular complexity index is 219. The highest BCUT2D eigenvalue weighted by Gasteiger charge is 2.17. The molecule has 0 aliphatic rings. The quantitative estimate of drug-likeness (QED) is 0.608. The molecule has 0 radical (unpaired) electrons. The van der Waals surface area contributed by atoms with Gasteiger partial charge in [-0.15, -0.1) is 0 Å². The number of nitrogens with two attached hydrogens (primary N) is 1. The van der Waals surface area contributed by atoms with E-state index in [1.54, 1.807) is 6.26 Å². The van der Waals surface area contributed by atoms with Gasteiger partial charge in [0.05, 0.1) is 0 Å². The maximum atomic E-state index is 11.5. The van der Waals surface area contributed by atoms with Gasteiger partial charge in [0, 0.05) is 42.5 Å². The molecule has 0 aliphatic heterocycles. The Labute approximate surface area is 93.2 Å². The van der Waals surface area contributed by atoms with E-state index in [2.05, 4.69) is 5.32 Å². The van der Waals surface area contributed by atoms with E-state index in [1.807, 2.05) is 6.92 Å². The van der Waals surface area contributed by atoms with Gasteiger partial charge < -0.3 is 15.8 Å². The van der Waals surface area contributed by atoms with Gasteiger partial charge in [0.1, 0.15) is 6.10 Å². The van der Waals surface area contributed by atoms with Crippen LogP contribution in [0.5, 0.6) is 0 Å². The Morgan fingerprint density at radius 1 is 1.60 bits per heavy atom. The summed E-state index contributed by atoms with van der Waals surface area (Å²) in [4.78, 5) is 11.5. The molecule has 0 fully saturated rings. The number of methoxy groups -OCH3 is 1. The molecule has 15 heavy (non-hydrogen) atoms. The van der Waals surface area contributed by atoms with Gasteiger partial charge in [0.15, 0.2) is 0 Å². The average molecular weight is 236 g/mol. The van der Waals surface area contributed by atoms with Crippen molar-refractivity contribution < 1.29 is 13.7 Å². The molecular weight excluding hydrogens is 216 g/mol. The van der Waals surface area contributed by atoms with Gasteiger partial charge in [0.2, 0.25) is 0 Å². The molecule has 0 spiro atoms. The number of amides is 1. The van der Waals surface area contributed by atoms with Crippen LogP contribution in [0.15, 0.2) is 0 Å². The van der Waals surface area contributed by atoms with Gasteiger partial charge in [-0.2, -0.15) is 0 Å². The molecule has 90 valence electrons. The normalized spacial score (nSPS) is 16.8. The van der Waals surface area contributed by atoms with E-state index in [1.165, 1.54) is 7.11 Å². The van der Waals surface area contributed by atoms with Crippen molar-refractivity contribution in [1.82, 2.24) is 5.32 Å². The molecule has 0 aromatic carbocycles. The van der Waals surface area contributed by atoms with Gasteiger partial charge in [0.25, 0.3) is 5.91 Å². The molecule has 1 amide bonds. The van der Waals surface area contributed by atoms with Crippen molar-refractivity contribution in [1.29, 1.82) is 0 Å². The van der Waals surface area contributed by atoms with Gasteiger partial charge in [-0.1, -0.05) is 0 Å². The van der Waals surface area contributed by atoms with Crippen LogP contribution in [0.4, 0.5) is 0 Å². The number of hydrogen-bond acceptors (Lipinski definition) is 4. The Morgan fingerprint density at radius 2 is 2.20 bits per heavy atom. The summed E-state index contributed by atoms with van der Waals surface area (Å²) in [5, 5.41) is 2.76. The van der Waals surface area contributed by atoms with E-state index in [0.717, 1.165) is 0 Å². The second-order valence-electron chi connectivity index (χ2n) is 3.44. The molecule has 0 heterocycles. The number of carbonyl (C=O) groups excluding carboxylic acids is 1. The van der Waals surface area contributed by atoms with Crippen LogP contribution < -0.4 is 11.1 Å². The minimum absolute atomic E-state index is 0.00870. The SMILES string of the molecule is COC(CN)C(=O)NC(C)CCS(C)=O. The maximum Gasteiger partial charge on any atom is 0.250 e. The number of carbonyl (C=O) groups is 1. The molecule has 0 bridgehead atoms. The highest BCUT2D eigenvalue weighted by atomic mass is 32.2. The van der Waals surface area contributed by atoms with Crippen molar-refractivity contribution in [3.63, 3.8) is 0 Å². The van der Waals surface area contributed by atoms with Gasteiger partial charge >= 0.3 is 0 Å². The molecule has 3 N–H and O–H groups in total. The third-order valence-electron chi connectivity index (χ3n) is 2.02. The Morgan fingerprint density at radius 3 is 2.60 bits per heavy atom. The molecule has 0 aromatic rings. The van der Waals surface area contributed by atoms with Crippen LogP contribution in [0.25, 0.3) is 0 Å². The van der Waals surface area contributed by atoms with Crippen LogP contribution in [-0.4, -0.2) is 47.9 Å². The van der Waals surface area contributed by atoms with Crippen molar-refractivity contribution in [3.05, 3.63) is 0 Å². The molecule has 3 atom stereocenters. The first-order valence-electron chi connectivity index (χ1n) is 4.84. The summed E-state index contributed by atoms with van der Waals surface area (Å²) in [6, 6.07) is -0.00870. The molecule has 5 nitrogen and oxygen atoms in total. The van der Waals surface area contributed by atoms with Crippen LogP contribution in [0.2, 0.25) is 0 Å². The van der Waals surface area contributed by atoms with Crippen LogP contribution in [0.1, 0.15) is 13.3 Å². The first-order valence-corrected chi connectivity index (χ1v) is 6.57. The Balaban J connectivity index is 3.89. The molecule has 0 saturated heterocycles. The lowest BCUT2D eigenvalue weighted by Gasteiger charge is -2.17.